The average Bonchev–Trinajstić information content (AvgIpc) is 3.23. The van der Waals surface area contributed by atoms with Crippen molar-refractivity contribution < 1.29 is 14.3 Å². The molecule has 0 aromatic heterocycles. The SMILES string of the molecule is CI.O=C1NC[C@@H](COC(c2ccccc2)(c2ccccc2)c2ccccc2)O1.S. The van der Waals surface area contributed by atoms with Gasteiger partial charge in [0.15, 0.2) is 0 Å². The van der Waals surface area contributed by atoms with Crippen molar-refractivity contribution >= 4 is 42.2 Å². The summed E-state index contributed by atoms with van der Waals surface area (Å²) < 4.78 is 11.9. The maximum atomic E-state index is 11.4. The number of ether oxygens (including phenoxy) is 2. The summed E-state index contributed by atoms with van der Waals surface area (Å²) in [6, 6.07) is 30.5. The molecule has 1 heterocycles. The van der Waals surface area contributed by atoms with Gasteiger partial charge >= 0.3 is 6.09 Å². The molecular formula is C24H26INO3S. The average molecular weight is 535 g/mol. The number of hydrogen-bond donors (Lipinski definition) is 1. The van der Waals surface area contributed by atoms with Crippen LogP contribution in [0.15, 0.2) is 91.0 Å². The van der Waals surface area contributed by atoms with Gasteiger partial charge in [0.2, 0.25) is 0 Å². The van der Waals surface area contributed by atoms with E-state index >= 15 is 0 Å². The normalized spacial score (nSPS) is 15.1. The zero-order chi connectivity index (χ0) is 20.5. The van der Waals surface area contributed by atoms with Gasteiger partial charge in [0.25, 0.3) is 0 Å². The molecule has 1 aliphatic rings. The van der Waals surface area contributed by atoms with Gasteiger partial charge in [-0.3, -0.25) is 0 Å². The minimum Gasteiger partial charge on any atom is -0.442 e. The monoisotopic (exact) mass is 535 g/mol. The minimum atomic E-state index is -0.793. The Morgan fingerprint density at radius 2 is 1.27 bits per heavy atom. The molecule has 0 spiro atoms. The van der Waals surface area contributed by atoms with Crippen molar-refractivity contribution in [3.63, 3.8) is 0 Å². The Balaban J connectivity index is 0.00000104. The molecule has 30 heavy (non-hydrogen) atoms. The van der Waals surface area contributed by atoms with E-state index in [2.05, 4.69) is 64.3 Å². The first-order chi connectivity index (χ1) is 14.3. The maximum Gasteiger partial charge on any atom is 0.407 e. The van der Waals surface area contributed by atoms with E-state index in [0.29, 0.717) is 6.54 Å². The molecule has 0 saturated carbocycles. The van der Waals surface area contributed by atoms with Crippen molar-refractivity contribution in [1.82, 2.24) is 5.32 Å². The highest BCUT2D eigenvalue weighted by atomic mass is 127. The third-order valence-corrected chi connectivity index (χ3v) is 4.77. The summed E-state index contributed by atoms with van der Waals surface area (Å²) in [5, 5.41) is 2.68. The minimum absolute atomic E-state index is 0. The van der Waals surface area contributed by atoms with Crippen LogP contribution in [0.1, 0.15) is 16.7 Å². The molecule has 3 aromatic rings. The third-order valence-electron chi connectivity index (χ3n) is 4.77. The van der Waals surface area contributed by atoms with Crippen molar-refractivity contribution in [3.05, 3.63) is 108 Å². The summed E-state index contributed by atoms with van der Waals surface area (Å²) >= 11 is 2.15. The molecule has 4 rings (SSSR count). The van der Waals surface area contributed by atoms with Crippen LogP contribution in [0.3, 0.4) is 0 Å². The number of carbonyl (C=O) groups is 1. The summed E-state index contributed by atoms with van der Waals surface area (Å²) in [6.07, 6.45) is -0.707. The van der Waals surface area contributed by atoms with E-state index in [-0.39, 0.29) is 26.2 Å². The number of cyclic esters (lactones) is 1. The number of alkyl carbamates (subject to hydrolysis) is 1. The van der Waals surface area contributed by atoms with Crippen LogP contribution in [-0.4, -0.2) is 30.3 Å². The van der Waals surface area contributed by atoms with Crippen LogP contribution in [0.2, 0.25) is 0 Å². The van der Waals surface area contributed by atoms with Crippen molar-refractivity contribution in [2.24, 2.45) is 0 Å². The van der Waals surface area contributed by atoms with Gasteiger partial charge in [0, 0.05) is 0 Å². The van der Waals surface area contributed by atoms with Gasteiger partial charge in [0.05, 0.1) is 13.2 Å². The Morgan fingerprint density at radius 3 is 1.60 bits per heavy atom. The lowest BCUT2D eigenvalue weighted by Gasteiger charge is -2.36. The fraction of sp³-hybridized carbons (Fsp3) is 0.208. The first-order valence-corrected chi connectivity index (χ1v) is 11.6. The predicted molar refractivity (Wildman–Crippen MR) is 134 cm³/mol. The number of rotatable bonds is 6. The molecule has 3 aromatic carbocycles. The smallest absolute Gasteiger partial charge is 0.407 e. The number of amides is 1. The van der Waals surface area contributed by atoms with Crippen LogP contribution in [-0.2, 0) is 15.1 Å². The molecule has 1 aliphatic heterocycles. The topological polar surface area (TPSA) is 47.6 Å². The van der Waals surface area contributed by atoms with E-state index in [1.54, 1.807) is 0 Å². The van der Waals surface area contributed by atoms with E-state index in [4.69, 9.17) is 9.47 Å². The fourth-order valence-corrected chi connectivity index (χ4v) is 3.51. The Hall–Kier alpha value is -2.03. The second-order valence-corrected chi connectivity index (χ2v) is 6.50. The second-order valence-electron chi connectivity index (χ2n) is 6.50. The van der Waals surface area contributed by atoms with Crippen molar-refractivity contribution in [1.29, 1.82) is 0 Å². The molecule has 158 valence electrons. The number of halogens is 1. The highest BCUT2D eigenvalue weighted by molar-refractivity contribution is 14.1. The van der Waals surface area contributed by atoms with Gasteiger partial charge < -0.3 is 14.8 Å². The van der Waals surface area contributed by atoms with Gasteiger partial charge in [-0.1, -0.05) is 114 Å². The zero-order valence-corrected chi connectivity index (χ0v) is 19.9. The molecule has 1 N–H and O–H groups in total. The van der Waals surface area contributed by atoms with E-state index in [1.165, 1.54) is 0 Å². The van der Waals surface area contributed by atoms with Gasteiger partial charge in [-0.15, -0.1) is 0 Å². The molecule has 0 radical (unpaired) electrons. The Bertz CT molecular complexity index is 797. The van der Waals surface area contributed by atoms with Crippen LogP contribution >= 0.6 is 36.1 Å². The zero-order valence-electron chi connectivity index (χ0n) is 16.8. The highest BCUT2D eigenvalue weighted by Crippen LogP contribution is 2.40. The van der Waals surface area contributed by atoms with Crippen LogP contribution < -0.4 is 5.32 Å². The molecular weight excluding hydrogens is 509 g/mol. The quantitative estimate of drug-likeness (QED) is 0.266. The number of benzene rings is 3. The number of hydrogen-bond acceptors (Lipinski definition) is 3. The van der Waals surface area contributed by atoms with Crippen LogP contribution in [0, 0.1) is 0 Å². The number of nitrogens with one attached hydrogen (secondary N) is 1. The summed E-state index contributed by atoms with van der Waals surface area (Å²) in [7, 11) is 0. The fourth-order valence-electron chi connectivity index (χ4n) is 3.51. The highest BCUT2D eigenvalue weighted by Gasteiger charge is 2.39. The lowest BCUT2D eigenvalue weighted by atomic mass is 9.80. The van der Waals surface area contributed by atoms with Crippen molar-refractivity contribution in [2.45, 2.75) is 11.7 Å². The van der Waals surface area contributed by atoms with Gasteiger partial charge in [-0.25, -0.2) is 4.79 Å². The molecule has 6 heteroatoms. The van der Waals surface area contributed by atoms with Crippen LogP contribution in [0.25, 0.3) is 0 Å². The number of carbonyl (C=O) groups excluding carboxylic acids is 1. The van der Waals surface area contributed by atoms with E-state index in [1.807, 2.05) is 59.5 Å². The van der Waals surface area contributed by atoms with Crippen molar-refractivity contribution in [2.75, 3.05) is 18.1 Å². The van der Waals surface area contributed by atoms with E-state index < -0.39 is 11.7 Å². The molecule has 4 nitrogen and oxygen atoms in total. The Kier molecular flexibility index (Phi) is 9.68. The second kappa shape index (κ2) is 12.0. The Labute approximate surface area is 198 Å². The first-order valence-electron chi connectivity index (χ1n) is 9.42. The predicted octanol–water partition coefficient (Wildman–Crippen LogP) is 5.27. The Morgan fingerprint density at radius 1 is 0.867 bits per heavy atom. The molecule has 0 unspecified atom stereocenters. The lowest BCUT2D eigenvalue weighted by molar-refractivity contribution is -0.0296. The summed E-state index contributed by atoms with van der Waals surface area (Å²) in [5.74, 6) is 0. The van der Waals surface area contributed by atoms with E-state index in [9.17, 15) is 4.79 Å². The van der Waals surface area contributed by atoms with Gasteiger partial charge in [-0.05, 0) is 21.6 Å². The van der Waals surface area contributed by atoms with Crippen LogP contribution in [0.4, 0.5) is 4.79 Å². The standard InChI is InChI=1S/C23H21NO3.CH3I.H2S/c25-22-24-16-21(27-22)17-26-23(18-10-4-1-5-11-18,19-12-6-2-7-13-19)20-14-8-3-9-15-20;1-2;/h1-15,21H,16-17H2,(H,24,25);1H3;1H2/t21-;;/m0../s1. The maximum absolute atomic E-state index is 11.4. The lowest BCUT2D eigenvalue weighted by Crippen LogP contribution is -2.36. The summed E-state index contributed by atoms with van der Waals surface area (Å²) in [4.78, 5) is 13.4. The third kappa shape index (κ3) is 5.36. The molecule has 1 saturated heterocycles. The molecule has 0 aliphatic carbocycles. The van der Waals surface area contributed by atoms with Crippen LogP contribution in [0.5, 0.6) is 0 Å². The number of alkyl halides is 1. The molecule has 1 atom stereocenters. The summed E-state index contributed by atoms with van der Waals surface area (Å²) in [6.45, 7) is 0.741. The van der Waals surface area contributed by atoms with Gasteiger partial charge in [0.1, 0.15) is 11.7 Å². The molecule has 0 bridgehead atoms. The van der Waals surface area contributed by atoms with Gasteiger partial charge in [-0.2, -0.15) is 13.5 Å². The molecule has 1 amide bonds. The molecule has 1 fully saturated rings. The first kappa shape index (κ1) is 24.2. The summed E-state index contributed by atoms with van der Waals surface area (Å²) in [5.41, 5.74) is 2.29. The van der Waals surface area contributed by atoms with E-state index in [0.717, 1.165) is 16.7 Å². The largest absolute Gasteiger partial charge is 0.442 e. The van der Waals surface area contributed by atoms with Crippen molar-refractivity contribution in [3.8, 4) is 0 Å².